The standard InChI is InChI=1S/C15H15ClFN3O/c16-12-8-11(17)6-7-13(12)19-14(9-15(18)20-21)10-4-2-1-3-5-10/h1-8,14,19,21H,9H2,(H2,18,20). The Morgan fingerprint density at radius 1 is 1.29 bits per heavy atom. The second kappa shape index (κ2) is 6.95. The van der Waals surface area contributed by atoms with Crippen molar-refractivity contribution in [1.82, 2.24) is 0 Å². The van der Waals surface area contributed by atoms with E-state index in [-0.39, 0.29) is 23.3 Å². The zero-order valence-corrected chi connectivity index (χ0v) is 11.9. The molecule has 0 saturated heterocycles. The van der Waals surface area contributed by atoms with E-state index in [2.05, 4.69) is 10.5 Å². The normalized spacial score (nSPS) is 13.0. The van der Waals surface area contributed by atoms with Crippen molar-refractivity contribution >= 4 is 23.1 Å². The summed E-state index contributed by atoms with van der Waals surface area (Å²) in [4.78, 5) is 0. The van der Waals surface area contributed by atoms with Gasteiger partial charge in [-0.3, -0.25) is 0 Å². The van der Waals surface area contributed by atoms with Crippen molar-refractivity contribution < 1.29 is 9.60 Å². The molecule has 21 heavy (non-hydrogen) atoms. The fourth-order valence-corrected chi connectivity index (χ4v) is 2.20. The van der Waals surface area contributed by atoms with Gasteiger partial charge in [0.25, 0.3) is 0 Å². The van der Waals surface area contributed by atoms with Crippen LogP contribution in [0, 0.1) is 5.82 Å². The molecule has 1 unspecified atom stereocenters. The number of hydrogen-bond acceptors (Lipinski definition) is 3. The molecule has 0 heterocycles. The lowest BCUT2D eigenvalue weighted by molar-refractivity contribution is 0.316. The van der Waals surface area contributed by atoms with Crippen LogP contribution in [-0.4, -0.2) is 11.0 Å². The van der Waals surface area contributed by atoms with E-state index in [4.69, 9.17) is 22.5 Å². The van der Waals surface area contributed by atoms with Crippen molar-refractivity contribution in [1.29, 1.82) is 0 Å². The maximum Gasteiger partial charge on any atom is 0.141 e. The number of benzene rings is 2. The van der Waals surface area contributed by atoms with Crippen molar-refractivity contribution in [2.24, 2.45) is 10.9 Å². The summed E-state index contributed by atoms with van der Waals surface area (Å²) in [6.07, 6.45) is 0.286. The molecule has 2 aromatic rings. The molecule has 0 saturated carbocycles. The van der Waals surface area contributed by atoms with E-state index in [1.807, 2.05) is 30.3 Å². The van der Waals surface area contributed by atoms with E-state index in [0.717, 1.165) is 5.56 Å². The van der Waals surface area contributed by atoms with Crippen LogP contribution in [0.2, 0.25) is 5.02 Å². The molecular formula is C15H15ClFN3O. The van der Waals surface area contributed by atoms with Crippen LogP contribution in [0.15, 0.2) is 53.7 Å². The third-order valence-electron chi connectivity index (χ3n) is 3.00. The third kappa shape index (κ3) is 4.10. The Balaban J connectivity index is 2.27. The molecule has 0 fully saturated rings. The van der Waals surface area contributed by atoms with Crippen molar-refractivity contribution in [3.05, 3.63) is 64.9 Å². The predicted molar refractivity (Wildman–Crippen MR) is 82.2 cm³/mol. The van der Waals surface area contributed by atoms with Crippen molar-refractivity contribution in [2.45, 2.75) is 12.5 Å². The zero-order chi connectivity index (χ0) is 15.2. The molecule has 4 N–H and O–H groups in total. The van der Waals surface area contributed by atoms with Gasteiger partial charge in [-0.15, -0.1) is 0 Å². The zero-order valence-electron chi connectivity index (χ0n) is 11.1. The summed E-state index contributed by atoms with van der Waals surface area (Å²) in [7, 11) is 0. The Labute approximate surface area is 127 Å². The highest BCUT2D eigenvalue weighted by Crippen LogP contribution is 2.28. The van der Waals surface area contributed by atoms with Crippen molar-refractivity contribution in [2.75, 3.05) is 5.32 Å². The average molecular weight is 308 g/mol. The van der Waals surface area contributed by atoms with Crippen LogP contribution in [-0.2, 0) is 0 Å². The number of hydrogen-bond donors (Lipinski definition) is 3. The number of rotatable bonds is 5. The first-order valence-corrected chi connectivity index (χ1v) is 6.71. The molecule has 2 aromatic carbocycles. The molecule has 110 valence electrons. The Hall–Kier alpha value is -2.27. The fraction of sp³-hybridized carbons (Fsp3) is 0.133. The first-order valence-electron chi connectivity index (χ1n) is 6.33. The van der Waals surface area contributed by atoms with Gasteiger partial charge in [-0.1, -0.05) is 47.1 Å². The van der Waals surface area contributed by atoms with E-state index in [1.165, 1.54) is 12.1 Å². The topological polar surface area (TPSA) is 70.6 Å². The number of nitrogens with two attached hydrogens (primary N) is 1. The minimum atomic E-state index is -0.404. The third-order valence-corrected chi connectivity index (χ3v) is 3.32. The van der Waals surface area contributed by atoms with E-state index in [0.29, 0.717) is 5.69 Å². The summed E-state index contributed by atoms with van der Waals surface area (Å²) >= 11 is 6.02. The van der Waals surface area contributed by atoms with E-state index in [9.17, 15) is 4.39 Å². The SMILES string of the molecule is NC(CC(Nc1ccc(F)cc1Cl)c1ccccc1)=NO. The minimum absolute atomic E-state index is 0.0922. The molecule has 0 radical (unpaired) electrons. The lowest BCUT2D eigenvalue weighted by Gasteiger charge is -2.20. The highest BCUT2D eigenvalue weighted by molar-refractivity contribution is 6.33. The highest BCUT2D eigenvalue weighted by Gasteiger charge is 2.15. The van der Waals surface area contributed by atoms with Gasteiger partial charge >= 0.3 is 0 Å². The lowest BCUT2D eigenvalue weighted by Crippen LogP contribution is -2.21. The molecule has 1 atom stereocenters. The maximum absolute atomic E-state index is 13.1. The Morgan fingerprint density at radius 2 is 2.00 bits per heavy atom. The molecule has 0 aliphatic rings. The van der Waals surface area contributed by atoms with Gasteiger partial charge in [-0.2, -0.15) is 0 Å². The number of oxime groups is 1. The van der Waals surface area contributed by atoms with E-state index >= 15 is 0 Å². The smallest absolute Gasteiger partial charge is 0.141 e. The second-order valence-electron chi connectivity index (χ2n) is 4.53. The van der Waals surface area contributed by atoms with Crippen LogP contribution in [0.5, 0.6) is 0 Å². The van der Waals surface area contributed by atoms with Crippen LogP contribution in [0.1, 0.15) is 18.0 Å². The second-order valence-corrected chi connectivity index (χ2v) is 4.93. The summed E-state index contributed by atoms with van der Waals surface area (Å²) in [6, 6.07) is 13.4. The predicted octanol–water partition coefficient (Wildman–Crippen LogP) is 3.77. The molecule has 0 aliphatic heterocycles. The first kappa shape index (κ1) is 15.1. The molecule has 0 aromatic heterocycles. The van der Waals surface area contributed by atoms with E-state index in [1.54, 1.807) is 6.07 Å². The Kier molecular flexibility index (Phi) is 5.00. The van der Waals surface area contributed by atoms with Crippen LogP contribution in [0.3, 0.4) is 0 Å². The van der Waals surface area contributed by atoms with Gasteiger partial charge in [-0.25, -0.2) is 4.39 Å². The van der Waals surface area contributed by atoms with Gasteiger partial charge in [0.2, 0.25) is 0 Å². The molecule has 0 bridgehead atoms. The van der Waals surface area contributed by atoms with Crippen molar-refractivity contribution in [3.8, 4) is 0 Å². The summed E-state index contributed by atoms with van der Waals surface area (Å²) < 4.78 is 13.1. The van der Waals surface area contributed by atoms with Crippen LogP contribution >= 0.6 is 11.6 Å². The summed E-state index contributed by atoms with van der Waals surface area (Å²) in [6.45, 7) is 0. The Morgan fingerprint density at radius 3 is 2.62 bits per heavy atom. The van der Waals surface area contributed by atoms with Gasteiger partial charge in [0.05, 0.1) is 16.8 Å². The summed E-state index contributed by atoms with van der Waals surface area (Å²) in [5, 5.41) is 15.2. The Bertz CT molecular complexity index is 634. The van der Waals surface area contributed by atoms with Gasteiger partial charge in [0, 0.05) is 6.42 Å². The maximum atomic E-state index is 13.1. The monoisotopic (exact) mass is 307 g/mol. The number of anilines is 1. The molecule has 0 spiro atoms. The number of amidine groups is 1. The molecule has 0 amide bonds. The molecule has 4 nitrogen and oxygen atoms in total. The first-order chi connectivity index (χ1) is 10.1. The van der Waals surface area contributed by atoms with Crippen LogP contribution < -0.4 is 11.1 Å². The molecule has 0 aliphatic carbocycles. The van der Waals surface area contributed by atoms with Crippen molar-refractivity contribution in [3.63, 3.8) is 0 Å². The van der Waals surface area contributed by atoms with Gasteiger partial charge in [0.1, 0.15) is 11.7 Å². The average Bonchev–Trinajstić information content (AvgIpc) is 2.49. The number of halogens is 2. The molecular weight excluding hydrogens is 293 g/mol. The summed E-state index contributed by atoms with van der Waals surface area (Å²) in [5.41, 5.74) is 7.12. The molecule has 6 heteroatoms. The summed E-state index contributed by atoms with van der Waals surface area (Å²) in [5.74, 6) is -0.312. The number of nitrogens with one attached hydrogen (secondary N) is 1. The fourth-order valence-electron chi connectivity index (χ4n) is 1.98. The van der Waals surface area contributed by atoms with Crippen LogP contribution in [0.25, 0.3) is 0 Å². The minimum Gasteiger partial charge on any atom is -0.409 e. The number of nitrogens with zero attached hydrogens (tertiary/aromatic N) is 1. The van der Waals surface area contributed by atoms with Gasteiger partial charge in [0.15, 0.2) is 0 Å². The highest BCUT2D eigenvalue weighted by atomic mass is 35.5. The lowest BCUT2D eigenvalue weighted by atomic mass is 10.0. The van der Waals surface area contributed by atoms with Gasteiger partial charge < -0.3 is 16.3 Å². The van der Waals surface area contributed by atoms with E-state index < -0.39 is 5.82 Å². The largest absolute Gasteiger partial charge is 0.409 e. The molecule has 2 rings (SSSR count). The van der Waals surface area contributed by atoms with Gasteiger partial charge in [-0.05, 0) is 23.8 Å². The van der Waals surface area contributed by atoms with Crippen LogP contribution in [0.4, 0.5) is 10.1 Å². The quantitative estimate of drug-likeness (QED) is 0.341.